The molecule has 0 aromatic carbocycles. The zero-order valence-corrected chi connectivity index (χ0v) is 14.3. The lowest BCUT2D eigenvalue weighted by molar-refractivity contribution is -0.162. The van der Waals surface area contributed by atoms with Crippen LogP contribution in [-0.2, 0) is 9.53 Å². The average Bonchev–Trinajstić information content (AvgIpc) is 2.96. The van der Waals surface area contributed by atoms with E-state index in [-0.39, 0.29) is 18.4 Å². The van der Waals surface area contributed by atoms with E-state index in [9.17, 15) is 9.59 Å². The van der Waals surface area contributed by atoms with Gasteiger partial charge in [0.25, 0.3) is 11.8 Å². The monoisotopic (exact) mass is 331 g/mol. The van der Waals surface area contributed by atoms with Crippen LogP contribution in [0.15, 0.2) is 18.6 Å². The molecule has 1 fully saturated rings. The lowest BCUT2D eigenvalue weighted by Gasteiger charge is -2.40. The van der Waals surface area contributed by atoms with E-state index < -0.39 is 5.60 Å². The number of carbonyl (C=O) groups excluding carboxylic acids is 2. The summed E-state index contributed by atoms with van der Waals surface area (Å²) < 4.78 is 7.26. The van der Waals surface area contributed by atoms with Gasteiger partial charge >= 0.3 is 0 Å². The van der Waals surface area contributed by atoms with Gasteiger partial charge in [-0.05, 0) is 19.4 Å². The molecule has 2 aromatic heterocycles. The first kappa shape index (κ1) is 16.4. The number of fused-ring (bicyclic) bond motifs is 1. The van der Waals surface area contributed by atoms with Gasteiger partial charge in [0.15, 0.2) is 11.2 Å². The number of aromatic nitrogens is 3. The summed E-state index contributed by atoms with van der Waals surface area (Å²) in [4.78, 5) is 32.7. The normalized spacial score (nSPS) is 21.1. The molecule has 1 saturated heterocycles. The summed E-state index contributed by atoms with van der Waals surface area (Å²) in [6, 6.07) is 0. The van der Waals surface area contributed by atoms with E-state index in [1.165, 1.54) is 11.1 Å². The first-order chi connectivity index (χ1) is 11.3. The van der Waals surface area contributed by atoms with E-state index in [4.69, 9.17) is 4.74 Å². The predicted octanol–water partition coefficient (Wildman–Crippen LogP) is 0.357. The van der Waals surface area contributed by atoms with Crippen molar-refractivity contribution in [3.63, 3.8) is 0 Å². The van der Waals surface area contributed by atoms with Gasteiger partial charge in [-0.25, -0.2) is 9.50 Å². The fourth-order valence-electron chi connectivity index (χ4n) is 2.94. The summed E-state index contributed by atoms with van der Waals surface area (Å²) in [5.74, 6) is -0.351. The summed E-state index contributed by atoms with van der Waals surface area (Å²) in [6.07, 6.45) is 5.04. The molecule has 0 saturated carbocycles. The van der Waals surface area contributed by atoms with Crippen molar-refractivity contribution in [1.29, 1.82) is 0 Å². The Bertz CT molecular complexity index is 800. The van der Waals surface area contributed by atoms with Gasteiger partial charge in [0, 0.05) is 33.0 Å². The zero-order chi connectivity index (χ0) is 17.5. The van der Waals surface area contributed by atoms with Gasteiger partial charge in [-0.1, -0.05) is 0 Å². The van der Waals surface area contributed by atoms with Crippen LogP contribution in [0.3, 0.4) is 0 Å². The molecule has 0 radical (unpaired) electrons. The number of aryl methyl sites for hydroxylation is 1. The summed E-state index contributed by atoms with van der Waals surface area (Å²) in [5, 5.41) is 4.20. The van der Waals surface area contributed by atoms with E-state index in [0.717, 1.165) is 5.56 Å². The maximum absolute atomic E-state index is 12.9. The number of amides is 2. The summed E-state index contributed by atoms with van der Waals surface area (Å²) in [7, 11) is 3.35. The van der Waals surface area contributed by atoms with Crippen LogP contribution in [0.1, 0.15) is 22.8 Å². The van der Waals surface area contributed by atoms with Crippen molar-refractivity contribution in [3.8, 4) is 0 Å². The fourth-order valence-corrected chi connectivity index (χ4v) is 2.94. The third-order valence-corrected chi connectivity index (χ3v) is 4.14. The molecular weight excluding hydrogens is 310 g/mol. The van der Waals surface area contributed by atoms with Gasteiger partial charge in [0.2, 0.25) is 0 Å². The number of carbonyl (C=O) groups is 2. The van der Waals surface area contributed by atoms with Crippen LogP contribution < -0.4 is 0 Å². The Morgan fingerprint density at radius 2 is 2.08 bits per heavy atom. The Morgan fingerprint density at radius 1 is 1.33 bits per heavy atom. The number of rotatable bonds is 2. The zero-order valence-electron chi connectivity index (χ0n) is 14.3. The molecule has 0 aliphatic carbocycles. The second kappa shape index (κ2) is 5.86. The van der Waals surface area contributed by atoms with Crippen molar-refractivity contribution in [3.05, 3.63) is 29.7 Å². The van der Waals surface area contributed by atoms with Crippen LogP contribution in [0.4, 0.5) is 0 Å². The van der Waals surface area contributed by atoms with Crippen molar-refractivity contribution < 1.29 is 14.3 Å². The predicted molar refractivity (Wildman–Crippen MR) is 86.7 cm³/mol. The summed E-state index contributed by atoms with van der Waals surface area (Å²) in [6.45, 7) is 4.57. The molecule has 24 heavy (non-hydrogen) atoms. The molecule has 1 aliphatic heterocycles. The van der Waals surface area contributed by atoms with E-state index in [1.54, 1.807) is 36.6 Å². The number of hydrogen-bond donors (Lipinski definition) is 0. The van der Waals surface area contributed by atoms with Crippen molar-refractivity contribution in [2.24, 2.45) is 0 Å². The highest BCUT2D eigenvalue weighted by atomic mass is 16.5. The molecule has 0 bridgehead atoms. The molecule has 8 heteroatoms. The third kappa shape index (κ3) is 2.73. The minimum absolute atomic E-state index is 0.159. The van der Waals surface area contributed by atoms with E-state index >= 15 is 0 Å². The molecule has 3 heterocycles. The second-order valence-corrected chi connectivity index (χ2v) is 6.46. The Labute approximate surface area is 140 Å². The first-order valence-electron chi connectivity index (χ1n) is 7.77. The van der Waals surface area contributed by atoms with Crippen LogP contribution in [0.25, 0.3) is 5.65 Å². The van der Waals surface area contributed by atoms with Crippen molar-refractivity contribution in [1.82, 2.24) is 24.4 Å². The fraction of sp³-hybridized carbons (Fsp3) is 0.500. The summed E-state index contributed by atoms with van der Waals surface area (Å²) >= 11 is 0. The molecule has 2 amide bonds. The quantitative estimate of drug-likeness (QED) is 0.794. The Balaban J connectivity index is 1.87. The number of morpholine rings is 1. The maximum atomic E-state index is 12.9. The van der Waals surface area contributed by atoms with E-state index in [1.807, 2.05) is 13.1 Å². The number of ether oxygens (including phenoxy) is 1. The van der Waals surface area contributed by atoms with Gasteiger partial charge in [-0.2, -0.15) is 5.10 Å². The maximum Gasteiger partial charge on any atom is 0.259 e. The Morgan fingerprint density at radius 3 is 2.79 bits per heavy atom. The molecule has 0 N–H and O–H groups in total. The molecule has 1 atom stereocenters. The van der Waals surface area contributed by atoms with Gasteiger partial charge < -0.3 is 14.5 Å². The van der Waals surface area contributed by atoms with Crippen LogP contribution in [0.2, 0.25) is 0 Å². The number of nitrogens with zero attached hydrogens (tertiary/aromatic N) is 5. The highest BCUT2D eigenvalue weighted by molar-refractivity contribution is 6.00. The van der Waals surface area contributed by atoms with E-state index in [2.05, 4.69) is 10.1 Å². The molecule has 0 spiro atoms. The SMILES string of the molecule is Cc1cnc2c(C(=O)N3CCO[C@](C)(C(=O)N(C)C)C3)cnn2c1. The Kier molecular flexibility index (Phi) is 4.00. The highest BCUT2D eigenvalue weighted by Crippen LogP contribution is 2.22. The van der Waals surface area contributed by atoms with E-state index in [0.29, 0.717) is 24.4 Å². The minimum Gasteiger partial charge on any atom is -0.362 e. The average molecular weight is 331 g/mol. The largest absolute Gasteiger partial charge is 0.362 e. The molecule has 0 unspecified atom stereocenters. The van der Waals surface area contributed by atoms with Crippen LogP contribution >= 0.6 is 0 Å². The first-order valence-corrected chi connectivity index (χ1v) is 7.77. The third-order valence-electron chi connectivity index (χ3n) is 4.14. The molecule has 128 valence electrons. The molecule has 8 nitrogen and oxygen atoms in total. The van der Waals surface area contributed by atoms with Crippen molar-refractivity contribution in [2.75, 3.05) is 33.8 Å². The second-order valence-electron chi connectivity index (χ2n) is 6.46. The lowest BCUT2D eigenvalue weighted by Crippen LogP contribution is -2.59. The molecule has 1 aliphatic rings. The standard InChI is InChI=1S/C16H21N5O3/c1-11-7-17-13-12(8-18-21(13)9-11)14(22)20-5-6-24-16(2,10-20)15(23)19(3)4/h7-9H,5-6,10H2,1-4H3/t16-/m0/s1. The van der Waals surface area contributed by atoms with Crippen LogP contribution in [0, 0.1) is 6.92 Å². The van der Waals surface area contributed by atoms with Crippen LogP contribution in [0.5, 0.6) is 0 Å². The number of hydrogen-bond acceptors (Lipinski definition) is 5. The summed E-state index contributed by atoms with van der Waals surface area (Å²) in [5.41, 5.74) is 0.860. The lowest BCUT2D eigenvalue weighted by atomic mass is 10.0. The highest BCUT2D eigenvalue weighted by Gasteiger charge is 2.42. The van der Waals surface area contributed by atoms with Gasteiger partial charge in [0.1, 0.15) is 5.56 Å². The Hall–Kier alpha value is -2.48. The van der Waals surface area contributed by atoms with Gasteiger partial charge in [0.05, 0.1) is 19.3 Å². The van der Waals surface area contributed by atoms with Gasteiger partial charge in [-0.15, -0.1) is 0 Å². The molecular formula is C16H21N5O3. The van der Waals surface area contributed by atoms with Crippen molar-refractivity contribution in [2.45, 2.75) is 19.4 Å². The molecule has 2 aromatic rings. The topological polar surface area (TPSA) is 80.0 Å². The number of likely N-dealkylation sites (N-methyl/N-ethyl adjacent to an activating group) is 1. The van der Waals surface area contributed by atoms with Crippen LogP contribution in [-0.4, -0.2) is 75.6 Å². The van der Waals surface area contributed by atoms with Gasteiger partial charge in [-0.3, -0.25) is 9.59 Å². The van der Waals surface area contributed by atoms with Crippen molar-refractivity contribution >= 4 is 17.5 Å². The smallest absolute Gasteiger partial charge is 0.259 e. The minimum atomic E-state index is -1.04. The molecule has 3 rings (SSSR count).